The molecule has 1 aliphatic rings. The number of rotatable bonds is 7. The summed E-state index contributed by atoms with van der Waals surface area (Å²) in [7, 11) is 1.63. The standard InChI is InChI=1S/C41H35N3O5/c1-48-36-22-21-30-23-29(17-19-31(30)24-36)18-20-32-25-44(40(47)42-39(32)46)38-27-43(26-37(28-45)49-38)41(33-11-5-2-6-12-33,34-13-7-3-8-14-34)35-15-9-4-10-16-35/h2-17,19,21-25,37-38,45H,26-28H2,1H3,(H,42,46,47)/t37-,38+/m0/s1. The molecule has 0 spiro atoms. The highest BCUT2D eigenvalue weighted by atomic mass is 16.5. The van der Waals surface area contributed by atoms with E-state index in [1.165, 1.54) is 10.8 Å². The first-order valence-electron chi connectivity index (χ1n) is 16.1. The van der Waals surface area contributed by atoms with Crippen molar-refractivity contribution >= 4 is 10.8 Å². The van der Waals surface area contributed by atoms with Gasteiger partial charge in [-0.25, -0.2) is 4.79 Å². The number of nitrogens with zero attached hydrogens (tertiary/aromatic N) is 2. The number of ether oxygens (including phenoxy) is 2. The molecule has 8 heteroatoms. The van der Waals surface area contributed by atoms with E-state index in [1.54, 1.807) is 7.11 Å². The van der Waals surface area contributed by atoms with Crippen LogP contribution in [0.3, 0.4) is 0 Å². The van der Waals surface area contributed by atoms with E-state index in [9.17, 15) is 14.7 Å². The summed E-state index contributed by atoms with van der Waals surface area (Å²) in [5.41, 5.74) is 1.91. The molecule has 1 aromatic heterocycles. The third-order valence-electron chi connectivity index (χ3n) is 9.07. The molecule has 49 heavy (non-hydrogen) atoms. The van der Waals surface area contributed by atoms with Gasteiger partial charge in [0, 0.05) is 24.8 Å². The number of aliphatic hydroxyl groups is 1. The predicted octanol–water partition coefficient (Wildman–Crippen LogP) is 5.28. The van der Waals surface area contributed by atoms with Crippen molar-refractivity contribution in [2.45, 2.75) is 17.9 Å². The molecule has 6 aromatic rings. The first kappa shape index (κ1) is 31.9. The maximum absolute atomic E-state index is 13.4. The van der Waals surface area contributed by atoms with E-state index in [2.05, 4.69) is 58.1 Å². The molecule has 2 N–H and O–H groups in total. The van der Waals surface area contributed by atoms with Crippen molar-refractivity contribution in [3.05, 3.63) is 182 Å². The maximum Gasteiger partial charge on any atom is 0.330 e. The predicted molar refractivity (Wildman–Crippen MR) is 190 cm³/mol. The molecule has 2 atom stereocenters. The van der Waals surface area contributed by atoms with Gasteiger partial charge in [-0.3, -0.25) is 19.2 Å². The number of nitrogens with one attached hydrogen (secondary N) is 1. The van der Waals surface area contributed by atoms with E-state index in [4.69, 9.17) is 9.47 Å². The van der Waals surface area contributed by atoms with E-state index < -0.39 is 29.1 Å². The fourth-order valence-electron chi connectivity index (χ4n) is 6.79. The van der Waals surface area contributed by atoms with Gasteiger partial charge >= 0.3 is 5.69 Å². The second-order valence-corrected chi connectivity index (χ2v) is 12.0. The van der Waals surface area contributed by atoms with Crippen LogP contribution in [0, 0.1) is 11.8 Å². The van der Waals surface area contributed by atoms with Crippen LogP contribution in [0.1, 0.15) is 34.0 Å². The van der Waals surface area contributed by atoms with Crippen LogP contribution < -0.4 is 16.0 Å². The van der Waals surface area contributed by atoms with Crippen LogP contribution in [-0.2, 0) is 10.3 Å². The van der Waals surface area contributed by atoms with E-state index in [-0.39, 0.29) is 18.7 Å². The van der Waals surface area contributed by atoms with Gasteiger partial charge in [0.2, 0.25) is 0 Å². The van der Waals surface area contributed by atoms with Crippen LogP contribution in [-0.4, -0.2) is 52.5 Å². The van der Waals surface area contributed by atoms with Crippen LogP contribution in [0.25, 0.3) is 10.8 Å². The van der Waals surface area contributed by atoms with Crippen molar-refractivity contribution in [2.75, 3.05) is 26.8 Å². The van der Waals surface area contributed by atoms with Gasteiger partial charge in [-0.05, 0) is 51.7 Å². The Labute approximate surface area is 283 Å². The normalized spacial score (nSPS) is 16.5. The van der Waals surface area contributed by atoms with Crippen LogP contribution in [0.2, 0.25) is 0 Å². The number of H-pyrrole nitrogens is 1. The number of fused-ring (bicyclic) bond motifs is 1. The molecular formula is C41H35N3O5. The molecule has 0 bridgehead atoms. The summed E-state index contributed by atoms with van der Waals surface area (Å²) in [6.45, 7) is 0.381. The Morgan fingerprint density at radius 2 is 1.39 bits per heavy atom. The lowest BCUT2D eigenvalue weighted by atomic mass is 9.75. The first-order valence-corrected chi connectivity index (χ1v) is 16.1. The smallest absolute Gasteiger partial charge is 0.330 e. The number of aliphatic hydroxyl groups excluding tert-OH is 1. The Balaban J connectivity index is 1.31. The van der Waals surface area contributed by atoms with Crippen LogP contribution >= 0.6 is 0 Å². The zero-order chi connectivity index (χ0) is 33.8. The lowest BCUT2D eigenvalue weighted by molar-refractivity contribution is -0.151. The molecule has 0 radical (unpaired) electrons. The fourth-order valence-corrected chi connectivity index (χ4v) is 6.79. The van der Waals surface area contributed by atoms with Gasteiger partial charge in [0.1, 0.15) is 11.3 Å². The average Bonchev–Trinajstić information content (AvgIpc) is 3.15. The molecule has 244 valence electrons. The minimum atomic E-state index is -0.845. The van der Waals surface area contributed by atoms with E-state index in [1.807, 2.05) is 91.0 Å². The zero-order valence-corrected chi connectivity index (χ0v) is 27.0. The van der Waals surface area contributed by atoms with Crippen molar-refractivity contribution in [1.82, 2.24) is 14.5 Å². The number of hydrogen-bond acceptors (Lipinski definition) is 6. The summed E-state index contributed by atoms with van der Waals surface area (Å²) in [5, 5.41) is 12.5. The Bertz CT molecular complexity index is 2160. The quantitative estimate of drug-likeness (QED) is 0.181. The van der Waals surface area contributed by atoms with Crippen molar-refractivity contribution in [3.8, 4) is 17.6 Å². The van der Waals surface area contributed by atoms with E-state index in [0.717, 1.165) is 33.2 Å². The SMILES string of the molecule is COc1ccc2cc(C#Cc3cn([C@H]4CN(C(c5ccccc5)(c5ccccc5)c5ccccc5)C[C@@H](CO)O4)c(=O)[nH]c3=O)ccc2c1. The topological polar surface area (TPSA) is 96.8 Å². The summed E-state index contributed by atoms with van der Waals surface area (Å²) >= 11 is 0. The number of morpholine rings is 1. The lowest BCUT2D eigenvalue weighted by Gasteiger charge is -2.50. The van der Waals surface area contributed by atoms with Crippen molar-refractivity contribution in [2.24, 2.45) is 0 Å². The Hall–Kier alpha value is -5.72. The van der Waals surface area contributed by atoms with Gasteiger partial charge in [0.05, 0.1) is 25.4 Å². The maximum atomic E-state index is 13.4. The number of benzene rings is 5. The lowest BCUT2D eigenvalue weighted by Crippen LogP contribution is -2.58. The Kier molecular flexibility index (Phi) is 8.97. The average molecular weight is 650 g/mol. The molecule has 0 aliphatic carbocycles. The molecule has 1 saturated heterocycles. The number of hydrogen-bond donors (Lipinski definition) is 2. The van der Waals surface area contributed by atoms with Gasteiger partial charge in [0.25, 0.3) is 5.56 Å². The summed E-state index contributed by atoms with van der Waals surface area (Å²) in [5.74, 6) is 6.82. The van der Waals surface area contributed by atoms with Gasteiger partial charge in [0.15, 0.2) is 6.23 Å². The first-order chi connectivity index (χ1) is 24.0. The van der Waals surface area contributed by atoms with E-state index in [0.29, 0.717) is 12.1 Å². The molecule has 7 rings (SSSR count). The highest BCUT2D eigenvalue weighted by Crippen LogP contribution is 2.44. The van der Waals surface area contributed by atoms with Crippen LogP contribution in [0.4, 0.5) is 0 Å². The van der Waals surface area contributed by atoms with Gasteiger partial charge in [-0.1, -0.05) is 115 Å². The third-order valence-corrected chi connectivity index (χ3v) is 9.07. The summed E-state index contributed by atoms with van der Waals surface area (Å²) < 4.78 is 13.1. The number of aromatic nitrogens is 2. The zero-order valence-electron chi connectivity index (χ0n) is 27.0. The highest BCUT2D eigenvalue weighted by molar-refractivity contribution is 5.85. The van der Waals surface area contributed by atoms with Gasteiger partial charge in [-0.15, -0.1) is 0 Å². The molecular weight excluding hydrogens is 614 g/mol. The van der Waals surface area contributed by atoms with Gasteiger partial charge in [-0.2, -0.15) is 0 Å². The minimum absolute atomic E-state index is 0.121. The molecule has 1 fully saturated rings. The molecule has 8 nitrogen and oxygen atoms in total. The summed E-state index contributed by atoms with van der Waals surface area (Å²) in [6.07, 6.45) is -0.0152. The minimum Gasteiger partial charge on any atom is -0.497 e. The van der Waals surface area contributed by atoms with Crippen molar-refractivity contribution < 1.29 is 14.6 Å². The molecule has 0 unspecified atom stereocenters. The third kappa shape index (κ3) is 6.19. The van der Waals surface area contributed by atoms with E-state index >= 15 is 0 Å². The summed E-state index contributed by atoms with van der Waals surface area (Å²) in [6, 6.07) is 42.2. The van der Waals surface area contributed by atoms with Crippen LogP contribution in [0.5, 0.6) is 5.75 Å². The second kappa shape index (κ2) is 13.8. The molecule has 0 amide bonds. The molecule has 0 saturated carbocycles. The summed E-state index contributed by atoms with van der Waals surface area (Å²) in [4.78, 5) is 31.1. The molecule has 1 aliphatic heterocycles. The molecule has 5 aromatic carbocycles. The largest absolute Gasteiger partial charge is 0.497 e. The van der Waals surface area contributed by atoms with Gasteiger partial charge < -0.3 is 14.6 Å². The number of aromatic amines is 1. The Morgan fingerprint density at radius 3 is 1.98 bits per heavy atom. The van der Waals surface area contributed by atoms with Crippen molar-refractivity contribution in [1.29, 1.82) is 0 Å². The molecule has 2 heterocycles. The highest BCUT2D eigenvalue weighted by Gasteiger charge is 2.46. The second-order valence-electron chi connectivity index (χ2n) is 12.0. The number of methoxy groups -OCH3 is 1. The fraction of sp³-hybridized carbons (Fsp3) is 0.171. The Morgan fingerprint density at radius 1 is 0.796 bits per heavy atom. The van der Waals surface area contributed by atoms with Crippen LogP contribution in [0.15, 0.2) is 143 Å². The van der Waals surface area contributed by atoms with Crippen molar-refractivity contribution in [3.63, 3.8) is 0 Å². The monoisotopic (exact) mass is 649 g/mol.